The number of carbonyl (C=O) groups excluding carboxylic acids is 4. The van der Waals surface area contributed by atoms with E-state index in [1.165, 1.54) is 0 Å². The third-order valence-corrected chi connectivity index (χ3v) is 10.4. The average Bonchev–Trinajstić information content (AvgIpc) is 3.31. The number of rotatable bonds is 14. The summed E-state index contributed by atoms with van der Waals surface area (Å²) in [7, 11) is 0. The zero-order chi connectivity index (χ0) is 45.3. The van der Waals surface area contributed by atoms with Gasteiger partial charge in [0.1, 0.15) is 22.7 Å². The van der Waals surface area contributed by atoms with Gasteiger partial charge in [0.15, 0.2) is 11.5 Å². The highest BCUT2D eigenvalue weighted by molar-refractivity contribution is 6.14. The highest BCUT2D eigenvalue weighted by Gasteiger charge is 2.23. The van der Waals surface area contributed by atoms with Gasteiger partial charge in [0, 0.05) is 22.1 Å². The van der Waals surface area contributed by atoms with E-state index in [-0.39, 0.29) is 58.2 Å². The maximum atomic E-state index is 14.1. The number of esters is 2. The van der Waals surface area contributed by atoms with Crippen LogP contribution in [0.4, 0.5) is 34.1 Å². The molecule has 7 aromatic rings. The summed E-state index contributed by atoms with van der Waals surface area (Å²) in [5.74, 6) is -3.20. The molecule has 0 heterocycles. The molecule has 0 fully saturated rings. The lowest BCUT2D eigenvalue weighted by molar-refractivity contribution is 0.0517. The third-order valence-electron chi connectivity index (χ3n) is 10.4. The minimum Gasteiger partial charge on any atom is -0.505 e. The minimum absolute atomic E-state index is 0.0352. The van der Waals surface area contributed by atoms with E-state index < -0.39 is 35.3 Å². The van der Waals surface area contributed by atoms with Gasteiger partial charge in [-0.15, -0.1) is 20.5 Å². The van der Waals surface area contributed by atoms with Crippen molar-refractivity contribution in [2.45, 2.75) is 40.5 Å². The summed E-state index contributed by atoms with van der Waals surface area (Å²) in [5.41, 5.74) is 3.05. The van der Waals surface area contributed by atoms with Gasteiger partial charge in [-0.1, -0.05) is 86.6 Å². The molecule has 14 nitrogen and oxygen atoms in total. The van der Waals surface area contributed by atoms with Crippen molar-refractivity contribution in [2.75, 3.05) is 23.8 Å². The van der Waals surface area contributed by atoms with E-state index in [9.17, 15) is 29.4 Å². The number of nitrogens with one attached hydrogen (secondary N) is 2. The average molecular weight is 857 g/mol. The van der Waals surface area contributed by atoms with Gasteiger partial charge in [0.2, 0.25) is 0 Å². The summed E-state index contributed by atoms with van der Waals surface area (Å²) in [6.45, 7) is 7.54. The third kappa shape index (κ3) is 9.16. The Labute approximate surface area is 368 Å². The summed E-state index contributed by atoms with van der Waals surface area (Å²) in [5, 5.41) is 48.7. The normalized spacial score (nSPS) is 11.3. The van der Waals surface area contributed by atoms with Crippen molar-refractivity contribution in [1.82, 2.24) is 0 Å². The van der Waals surface area contributed by atoms with Crippen molar-refractivity contribution in [3.63, 3.8) is 0 Å². The van der Waals surface area contributed by atoms with Crippen LogP contribution in [0.1, 0.15) is 80.3 Å². The molecule has 2 amide bonds. The molecule has 4 N–H and O–H groups in total. The predicted octanol–water partition coefficient (Wildman–Crippen LogP) is 12.2. The molecule has 0 atom stereocenters. The molecule has 14 heteroatoms. The number of hydrogen-bond acceptors (Lipinski definition) is 12. The molecule has 322 valence electrons. The summed E-state index contributed by atoms with van der Waals surface area (Å²) in [4.78, 5) is 53.4. The molecule has 0 bridgehead atoms. The monoisotopic (exact) mass is 856 g/mol. The summed E-state index contributed by atoms with van der Waals surface area (Å²) < 4.78 is 10.3. The Bertz CT molecular complexity index is 2810. The van der Waals surface area contributed by atoms with Crippen molar-refractivity contribution in [3.8, 4) is 11.5 Å². The maximum absolute atomic E-state index is 14.1. The van der Waals surface area contributed by atoms with Crippen LogP contribution < -0.4 is 10.6 Å². The van der Waals surface area contributed by atoms with Crippen LogP contribution in [0.15, 0.2) is 142 Å². The fourth-order valence-electron chi connectivity index (χ4n) is 7.16. The van der Waals surface area contributed by atoms with Gasteiger partial charge >= 0.3 is 11.9 Å². The largest absolute Gasteiger partial charge is 0.505 e. The molecular formula is C50H44N6O8. The van der Waals surface area contributed by atoms with E-state index in [1.54, 1.807) is 135 Å². The minimum atomic E-state index is -0.618. The number of amides is 2. The Morgan fingerprint density at radius 1 is 0.484 bits per heavy atom. The number of carbonyl (C=O) groups is 4. The van der Waals surface area contributed by atoms with Crippen LogP contribution in [-0.4, -0.2) is 47.2 Å². The predicted molar refractivity (Wildman–Crippen MR) is 245 cm³/mol. The second-order valence-corrected chi connectivity index (χ2v) is 14.3. The SMILES string of the molecule is CCOC(=O)c1ccccc1N=Nc1c(O)c(C(=O)Nc2cc(CC)c(NC(=O)c3cc4ccccc4c(N=Nc4ccccc4C(=O)OCC)c3O)cc2CC)cc2ccccc12. The van der Waals surface area contributed by atoms with Gasteiger partial charge in [-0.05, 0) is 97.1 Å². The number of benzene rings is 7. The Morgan fingerprint density at radius 3 is 1.25 bits per heavy atom. The number of aryl methyl sites for hydroxylation is 2. The number of aromatic hydroxyl groups is 2. The van der Waals surface area contributed by atoms with E-state index >= 15 is 0 Å². The lowest BCUT2D eigenvalue weighted by atomic mass is 10.00. The van der Waals surface area contributed by atoms with Crippen LogP contribution in [0.5, 0.6) is 11.5 Å². The van der Waals surface area contributed by atoms with Crippen molar-refractivity contribution in [3.05, 3.63) is 155 Å². The molecule has 0 aromatic heterocycles. The van der Waals surface area contributed by atoms with Crippen LogP contribution in [0.25, 0.3) is 21.5 Å². The lowest BCUT2D eigenvalue weighted by Gasteiger charge is -2.18. The first kappa shape index (κ1) is 43.8. The number of nitrogens with zero attached hydrogens (tertiary/aromatic N) is 4. The first-order valence-electron chi connectivity index (χ1n) is 20.7. The number of azo groups is 2. The molecule has 64 heavy (non-hydrogen) atoms. The van der Waals surface area contributed by atoms with Crippen LogP contribution in [-0.2, 0) is 22.3 Å². The van der Waals surface area contributed by atoms with Gasteiger partial charge in [-0.3, -0.25) is 9.59 Å². The number of phenols is 2. The van der Waals surface area contributed by atoms with Crippen LogP contribution >= 0.6 is 0 Å². The molecule has 0 radical (unpaired) electrons. The first-order valence-corrected chi connectivity index (χ1v) is 20.7. The molecule has 0 unspecified atom stereocenters. The maximum Gasteiger partial charge on any atom is 0.340 e. The Kier molecular flexibility index (Phi) is 13.4. The quantitative estimate of drug-likeness (QED) is 0.0611. The fourth-order valence-corrected chi connectivity index (χ4v) is 7.16. The van der Waals surface area contributed by atoms with Crippen LogP contribution in [0.3, 0.4) is 0 Å². The zero-order valence-electron chi connectivity index (χ0n) is 35.5. The number of phenolic OH excluding ortho intramolecular Hbond substituents is 2. The van der Waals surface area contributed by atoms with Crippen LogP contribution in [0, 0.1) is 0 Å². The molecule has 0 aliphatic heterocycles. The van der Waals surface area contributed by atoms with E-state index in [4.69, 9.17) is 9.47 Å². The second-order valence-electron chi connectivity index (χ2n) is 14.3. The smallest absolute Gasteiger partial charge is 0.340 e. The first-order chi connectivity index (χ1) is 31.1. The molecule has 0 aliphatic carbocycles. The van der Waals surface area contributed by atoms with E-state index in [2.05, 4.69) is 31.1 Å². The van der Waals surface area contributed by atoms with E-state index in [0.29, 0.717) is 56.9 Å². The Hall–Kier alpha value is -8.26. The van der Waals surface area contributed by atoms with Crippen molar-refractivity contribution in [2.24, 2.45) is 20.5 Å². The second kappa shape index (κ2) is 19.6. The van der Waals surface area contributed by atoms with Gasteiger partial charge in [0.05, 0.1) is 35.5 Å². The van der Waals surface area contributed by atoms with E-state index in [1.807, 2.05) is 13.8 Å². The summed E-state index contributed by atoms with van der Waals surface area (Å²) >= 11 is 0. The topological polar surface area (TPSA) is 201 Å². The molecule has 0 aliphatic rings. The summed E-state index contributed by atoms with van der Waals surface area (Å²) in [6, 6.07) is 33.9. The number of hydrogen-bond donors (Lipinski definition) is 4. The highest BCUT2D eigenvalue weighted by atomic mass is 16.5. The Balaban J connectivity index is 1.19. The highest BCUT2D eigenvalue weighted by Crippen LogP contribution is 2.42. The van der Waals surface area contributed by atoms with E-state index in [0.717, 1.165) is 0 Å². The number of fused-ring (bicyclic) bond motifs is 2. The van der Waals surface area contributed by atoms with Crippen LogP contribution in [0.2, 0.25) is 0 Å². The number of anilines is 2. The molecular weight excluding hydrogens is 813 g/mol. The van der Waals surface area contributed by atoms with Gasteiger partial charge in [-0.2, -0.15) is 0 Å². The fraction of sp³-hybridized carbons (Fsp3) is 0.160. The van der Waals surface area contributed by atoms with Crippen molar-refractivity contribution in [1.29, 1.82) is 0 Å². The lowest BCUT2D eigenvalue weighted by Crippen LogP contribution is -2.16. The molecule has 0 saturated heterocycles. The standard InChI is InChI=1S/C50H44N6O8/c1-5-29-27-42(52-48(60)38-26-32-18-10-12-20-34(32)44(46(38)58)56-54-40-24-16-14-22-36(40)50(62)64-8-4)30(6-2)28-41(29)51-47(59)37-25-31-17-9-11-19-33(31)43(45(37)57)55-53-39-23-15-13-21-35(39)49(61)63-7-3/h9-28,57-58H,5-8H2,1-4H3,(H,51,59)(H,52,60). The molecule has 7 rings (SSSR count). The Morgan fingerprint density at radius 2 is 0.859 bits per heavy atom. The molecule has 7 aromatic carbocycles. The number of ether oxygens (including phenoxy) is 2. The van der Waals surface area contributed by atoms with Gasteiger partial charge in [-0.25, -0.2) is 9.59 Å². The van der Waals surface area contributed by atoms with Gasteiger partial charge < -0.3 is 30.3 Å². The molecule has 0 saturated carbocycles. The van der Waals surface area contributed by atoms with Gasteiger partial charge in [0.25, 0.3) is 11.8 Å². The van der Waals surface area contributed by atoms with Crippen molar-refractivity contribution < 1.29 is 38.9 Å². The molecule has 0 spiro atoms. The summed E-state index contributed by atoms with van der Waals surface area (Å²) in [6.07, 6.45) is 0.898. The van der Waals surface area contributed by atoms with Crippen molar-refractivity contribution >= 4 is 79.4 Å². The zero-order valence-corrected chi connectivity index (χ0v) is 35.5.